The number of hydrogen-bond acceptors (Lipinski definition) is 4. The third-order valence-electron chi connectivity index (χ3n) is 3.10. The predicted molar refractivity (Wildman–Crippen MR) is 72.3 cm³/mol. The molecule has 0 atom stereocenters. The highest BCUT2D eigenvalue weighted by Gasteiger charge is 2.15. The normalized spacial score (nSPS) is 16.3. The highest BCUT2D eigenvalue weighted by molar-refractivity contribution is 6.58. The summed E-state index contributed by atoms with van der Waals surface area (Å²) < 4.78 is 0. The zero-order valence-corrected chi connectivity index (χ0v) is 10.3. The van der Waals surface area contributed by atoms with E-state index in [2.05, 4.69) is 16.1 Å². The summed E-state index contributed by atoms with van der Waals surface area (Å²) in [5.74, 6) is 2.55. The molecule has 0 radical (unpaired) electrons. The van der Waals surface area contributed by atoms with Crippen LogP contribution in [0.25, 0.3) is 0 Å². The minimum absolute atomic E-state index is 0.454. The van der Waals surface area contributed by atoms with Gasteiger partial charge in [-0.3, -0.25) is 4.90 Å². The molecular formula is C13H17BN2O2. The molecule has 5 heteroatoms. The smallest absolute Gasteiger partial charge is 0.423 e. The molecule has 0 unspecified atom stereocenters. The molecule has 1 heterocycles. The molecule has 1 aromatic rings. The van der Waals surface area contributed by atoms with E-state index in [0.717, 1.165) is 38.3 Å². The summed E-state index contributed by atoms with van der Waals surface area (Å²) in [6.45, 7) is 4.76. The van der Waals surface area contributed by atoms with Crippen molar-refractivity contribution in [2.75, 3.05) is 26.2 Å². The maximum Gasteiger partial charge on any atom is 0.488 e. The number of piperazine rings is 1. The first-order valence-corrected chi connectivity index (χ1v) is 6.09. The largest absolute Gasteiger partial charge is 0.488 e. The number of nitrogens with zero attached hydrogens (tertiary/aromatic N) is 1. The van der Waals surface area contributed by atoms with Crippen molar-refractivity contribution in [1.29, 1.82) is 0 Å². The highest BCUT2D eigenvalue weighted by atomic mass is 16.4. The predicted octanol–water partition coefficient (Wildman–Crippen LogP) is -1.25. The second-order valence-corrected chi connectivity index (χ2v) is 4.51. The Morgan fingerprint density at radius 2 is 2.00 bits per heavy atom. The second-order valence-electron chi connectivity index (χ2n) is 4.51. The van der Waals surface area contributed by atoms with Crippen LogP contribution >= 0.6 is 0 Å². The van der Waals surface area contributed by atoms with E-state index < -0.39 is 7.12 Å². The van der Waals surface area contributed by atoms with Crippen molar-refractivity contribution in [2.24, 2.45) is 0 Å². The van der Waals surface area contributed by atoms with Crippen LogP contribution in [0, 0.1) is 12.3 Å². The third kappa shape index (κ3) is 3.34. The molecule has 1 aromatic carbocycles. The Kier molecular flexibility index (Phi) is 4.40. The van der Waals surface area contributed by atoms with Gasteiger partial charge in [-0.05, 0) is 23.2 Å². The van der Waals surface area contributed by atoms with Crippen LogP contribution in [-0.2, 0) is 6.54 Å². The van der Waals surface area contributed by atoms with Crippen LogP contribution in [0.1, 0.15) is 11.1 Å². The molecule has 1 saturated heterocycles. The molecule has 2 rings (SSSR count). The molecule has 0 spiro atoms. The summed E-state index contributed by atoms with van der Waals surface area (Å²) in [5.41, 5.74) is 2.16. The van der Waals surface area contributed by atoms with E-state index in [1.165, 1.54) is 0 Å². The van der Waals surface area contributed by atoms with E-state index in [1.54, 1.807) is 12.1 Å². The minimum Gasteiger partial charge on any atom is -0.423 e. The Morgan fingerprint density at radius 1 is 1.28 bits per heavy atom. The first-order valence-electron chi connectivity index (χ1n) is 6.09. The van der Waals surface area contributed by atoms with E-state index in [0.29, 0.717) is 11.0 Å². The van der Waals surface area contributed by atoms with Gasteiger partial charge in [-0.25, -0.2) is 0 Å². The van der Waals surface area contributed by atoms with Crippen molar-refractivity contribution < 1.29 is 10.0 Å². The van der Waals surface area contributed by atoms with Crippen LogP contribution in [0.15, 0.2) is 18.2 Å². The fourth-order valence-corrected chi connectivity index (χ4v) is 2.17. The van der Waals surface area contributed by atoms with E-state index in [-0.39, 0.29) is 0 Å². The maximum absolute atomic E-state index is 9.24. The Bertz CT molecular complexity index is 451. The summed E-state index contributed by atoms with van der Waals surface area (Å²) in [6.07, 6.45) is 5.38. The van der Waals surface area contributed by atoms with Gasteiger partial charge in [-0.1, -0.05) is 12.0 Å². The third-order valence-corrected chi connectivity index (χ3v) is 3.10. The molecular weight excluding hydrogens is 227 g/mol. The average Bonchev–Trinajstić information content (AvgIpc) is 2.39. The van der Waals surface area contributed by atoms with Crippen LogP contribution in [-0.4, -0.2) is 48.2 Å². The van der Waals surface area contributed by atoms with Gasteiger partial charge in [-0.15, -0.1) is 6.42 Å². The number of nitrogens with one attached hydrogen (secondary N) is 1. The molecule has 4 nitrogen and oxygen atoms in total. The van der Waals surface area contributed by atoms with E-state index in [1.807, 2.05) is 6.07 Å². The molecule has 0 amide bonds. The SMILES string of the molecule is C#Cc1cc(CN2CCNCC2)cc(B(O)O)c1. The first-order chi connectivity index (χ1) is 8.69. The zero-order chi connectivity index (χ0) is 13.0. The van der Waals surface area contributed by atoms with Crippen LogP contribution in [0.4, 0.5) is 0 Å². The Labute approximate surface area is 108 Å². The molecule has 0 saturated carbocycles. The monoisotopic (exact) mass is 244 g/mol. The molecule has 3 N–H and O–H groups in total. The number of hydrogen-bond donors (Lipinski definition) is 3. The first kappa shape index (κ1) is 13.1. The van der Waals surface area contributed by atoms with Gasteiger partial charge in [-0.2, -0.15) is 0 Å². The summed E-state index contributed by atoms with van der Waals surface area (Å²) in [6, 6.07) is 5.35. The highest BCUT2D eigenvalue weighted by Crippen LogP contribution is 2.07. The molecule has 0 bridgehead atoms. The van der Waals surface area contributed by atoms with Crippen LogP contribution in [0.5, 0.6) is 0 Å². The van der Waals surface area contributed by atoms with E-state index >= 15 is 0 Å². The number of terminal acetylenes is 1. The van der Waals surface area contributed by atoms with Gasteiger partial charge >= 0.3 is 7.12 Å². The van der Waals surface area contributed by atoms with Crippen molar-refractivity contribution in [2.45, 2.75) is 6.54 Å². The lowest BCUT2D eigenvalue weighted by molar-refractivity contribution is 0.233. The fourth-order valence-electron chi connectivity index (χ4n) is 2.17. The molecule has 0 aliphatic carbocycles. The quantitative estimate of drug-likeness (QED) is 0.459. The van der Waals surface area contributed by atoms with Crippen molar-refractivity contribution in [3.05, 3.63) is 29.3 Å². The Balaban J connectivity index is 2.16. The molecule has 1 aliphatic rings. The summed E-state index contributed by atoms with van der Waals surface area (Å²) in [7, 11) is -1.47. The molecule has 0 aromatic heterocycles. The van der Waals surface area contributed by atoms with Gasteiger partial charge in [0.25, 0.3) is 0 Å². The van der Waals surface area contributed by atoms with E-state index in [4.69, 9.17) is 6.42 Å². The second kappa shape index (κ2) is 6.03. The van der Waals surface area contributed by atoms with Crippen LogP contribution < -0.4 is 10.8 Å². The van der Waals surface area contributed by atoms with Gasteiger partial charge < -0.3 is 15.4 Å². The summed E-state index contributed by atoms with van der Waals surface area (Å²) in [4.78, 5) is 2.32. The Morgan fingerprint density at radius 3 is 2.61 bits per heavy atom. The van der Waals surface area contributed by atoms with Crippen molar-refractivity contribution in [3.8, 4) is 12.3 Å². The number of benzene rings is 1. The van der Waals surface area contributed by atoms with Gasteiger partial charge in [0.15, 0.2) is 0 Å². The van der Waals surface area contributed by atoms with Gasteiger partial charge in [0.2, 0.25) is 0 Å². The molecule has 1 fully saturated rings. The average molecular weight is 244 g/mol. The van der Waals surface area contributed by atoms with Crippen molar-refractivity contribution >= 4 is 12.6 Å². The number of rotatable bonds is 3. The van der Waals surface area contributed by atoms with Crippen LogP contribution in [0.3, 0.4) is 0 Å². The zero-order valence-electron chi connectivity index (χ0n) is 10.3. The lowest BCUT2D eigenvalue weighted by atomic mass is 9.78. The molecule has 18 heavy (non-hydrogen) atoms. The molecule has 94 valence electrons. The molecule has 1 aliphatic heterocycles. The van der Waals surface area contributed by atoms with Gasteiger partial charge in [0.1, 0.15) is 0 Å². The summed E-state index contributed by atoms with van der Waals surface area (Å²) in [5, 5.41) is 21.8. The standard InChI is InChI=1S/C13H17BN2O2/c1-2-11-7-12(9-13(8-11)14(17)18)10-16-5-3-15-4-6-16/h1,7-9,15,17-18H,3-6,10H2. The minimum atomic E-state index is -1.47. The lowest BCUT2D eigenvalue weighted by Crippen LogP contribution is -2.43. The topological polar surface area (TPSA) is 55.7 Å². The van der Waals surface area contributed by atoms with Gasteiger partial charge in [0.05, 0.1) is 0 Å². The van der Waals surface area contributed by atoms with Crippen molar-refractivity contribution in [3.63, 3.8) is 0 Å². The Hall–Kier alpha value is -1.32. The lowest BCUT2D eigenvalue weighted by Gasteiger charge is -2.27. The fraction of sp³-hybridized carbons (Fsp3) is 0.385. The van der Waals surface area contributed by atoms with Gasteiger partial charge in [0, 0.05) is 38.3 Å². The van der Waals surface area contributed by atoms with E-state index in [9.17, 15) is 10.0 Å². The summed E-state index contributed by atoms with van der Waals surface area (Å²) >= 11 is 0. The maximum atomic E-state index is 9.24. The van der Waals surface area contributed by atoms with Crippen LogP contribution in [0.2, 0.25) is 0 Å². The van der Waals surface area contributed by atoms with Crippen molar-refractivity contribution in [1.82, 2.24) is 10.2 Å².